The standard InChI is InChI=1S/C22H29N3O3/c1-23(22(26)20-9-6-13-25(27)17-20)15-18-7-5-12-24(16-18)14-11-19-8-3-4-10-21(19)28-2/h3-4,6,8-10,13,17-18H,5,7,11-12,14-16H2,1-2H3/t18-/m1/s1. The highest BCUT2D eigenvalue weighted by Crippen LogP contribution is 2.21. The number of ether oxygens (including phenoxy) is 1. The molecule has 0 unspecified atom stereocenters. The minimum Gasteiger partial charge on any atom is -0.619 e. The zero-order chi connectivity index (χ0) is 19.9. The molecule has 3 rings (SSSR count). The Balaban J connectivity index is 1.52. The van der Waals surface area contributed by atoms with Crippen LogP contribution in [0.5, 0.6) is 5.75 Å². The molecule has 0 saturated carbocycles. The van der Waals surface area contributed by atoms with E-state index in [-0.39, 0.29) is 5.91 Å². The van der Waals surface area contributed by atoms with E-state index < -0.39 is 0 Å². The molecule has 1 atom stereocenters. The molecule has 0 aliphatic carbocycles. The number of benzene rings is 1. The molecular formula is C22H29N3O3. The van der Waals surface area contributed by atoms with Crippen molar-refractivity contribution in [1.82, 2.24) is 9.80 Å². The first-order valence-electron chi connectivity index (χ1n) is 9.85. The first kappa shape index (κ1) is 20.1. The number of carbonyl (C=O) groups excluding carboxylic acids is 1. The summed E-state index contributed by atoms with van der Waals surface area (Å²) in [5, 5.41) is 11.4. The van der Waals surface area contributed by atoms with Gasteiger partial charge in [-0.25, -0.2) is 0 Å². The maximum absolute atomic E-state index is 12.6. The van der Waals surface area contributed by atoms with E-state index in [0.29, 0.717) is 22.8 Å². The number of amides is 1. The Labute approximate surface area is 166 Å². The summed E-state index contributed by atoms with van der Waals surface area (Å²) in [5.41, 5.74) is 1.67. The summed E-state index contributed by atoms with van der Waals surface area (Å²) in [5.74, 6) is 1.29. The van der Waals surface area contributed by atoms with Crippen molar-refractivity contribution in [2.45, 2.75) is 19.3 Å². The summed E-state index contributed by atoms with van der Waals surface area (Å²) in [6.45, 7) is 3.78. The minimum atomic E-state index is -0.101. The van der Waals surface area contributed by atoms with E-state index in [1.54, 1.807) is 24.1 Å². The van der Waals surface area contributed by atoms with Crippen LogP contribution in [0.25, 0.3) is 0 Å². The third-order valence-corrected chi connectivity index (χ3v) is 5.39. The van der Waals surface area contributed by atoms with Gasteiger partial charge in [0.1, 0.15) is 11.3 Å². The highest BCUT2D eigenvalue weighted by molar-refractivity contribution is 5.93. The van der Waals surface area contributed by atoms with Crippen LogP contribution in [0.2, 0.25) is 0 Å². The molecule has 1 aliphatic heterocycles. The van der Waals surface area contributed by atoms with E-state index in [1.807, 2.05) is 25.2 Å². The molecule has 0 N–H and O–H groups in total. The number of aromatic nitrogens is 1. The van der Waals surface area contributed by atoms with Gasteiger partial charge in [-0.05, 0) is 49.4 Å². The molecule has 6 heteroatoms. The normalized spacial score (nSPS) is 17.3. The number of para-hydroxylation sites is 1. The van der Waals surface area contributed by atoms with Crippen LogP contribution in [0.1, 0.15) is 28.8 Å². The van der Waals surface area contributed by atoms with Crippen LogP contribution >= 0.6 is 0 Å². The fraction of sp³-hybridized carbons (Fsp3) is 0.455. The smallest absolute Gasteiger partial charge is 0.259 e. The molecule has 150 valence electrons. The summed E-state index contributed by atoms with van der Waals surface area (Å²) in [6, 6.07) is 11.5. The lowest BCUT2D eigenvalue weighted by atomic mass is 9.96. The van der Waals surface area contributed by atoms with Gasteiger partial charge in [-0.3, -0.25) is 4.79 Å². The Morgan fingerprint density at radius 1 is 1.32 bits per heavy atom. The van der Waals surface area contributed by atoms with Crippen molar-refractivity contribution in [1.29, 1.82) is 0 Å². The van der Waals surface area contributed by atoms with Gasteiger partial charge in [0.05, 0.1) is 7.11 Å². The van der Waals surface area contributed by atoms with Crippen LogP contribution in [0, 0.1) is 11.1 Å². The minimum absolute atomic E-state index is 0.101. The number of rotatable bonds is 7. The first-order valence-corrected chi connectivity index (χ1v) is 9.85. The van der Waals surface area contributed by atoms with E-state index in [1.165, 1.54) is 18.0 Å². The fourth-order valence-electron chi connectivity index (χ4n) is 3.96. The number of pyridine rings is 1. The zero-order valence-corrected chi connectivity index (χ0v) is 16.7. The predicted octanol–water partition coefficient (Wildman–Crippen LogP) is 2.36. The number of nitrogens with zero attached hydrogens (tertiary/aromatic N) is 3. The van der Waals surface area contributed by atoms with E-state index in [2.05, 4.69) is 11.0 Å². The van der Waals surface area contributed by atoms with Crippen LogP contribution in [0.3, 0.4) is 0 Å². The quantitative estimate of drug-likeness (QED) is 0.544. The molecule has 1 amide bonds. The lowest BCUT2D eigenvalue weighted by molar-refractivity contribution is -0.605. The number of piperidine rings is 1. The Bertz CT molecular complexity index is 796. The lowest BCUT2D eigenvalue weighted by Gasteiger charge is -2.34. The third kappa shape index (κ3) is 5.23. The molecule has 0 radical (unpaired) electrons. The molecule has 6 nitrogen and oxygen atoms in total. The van der Waals surface area contributed by atoms with Gasteiger partial charge in [0.25, 0.3) is 5.91 Å². The molecule has 2 aromatic rings. The molecule has 0 spiro atoms. The molecule has 0 bridgehead atoms. The van der Waals surface area contributed by atoms with Crippen molar-refractivity contribution in [2.75, 3.05) is 40.3 Å². The molecule has 2 heterocycles. The molecule has 1 saturated heterocycles. The molecule has 1 aromatic heterocycles. The Hall–Kier alpha value is -2.60. The predicted molar refractivity (Wildman–Crippen MR) is 108 cm³/mol. The summed E-state index contributed by atoms with van der Waals surface area (Å²) < 4.78 is 6.12. The van der Waals surface area contributed by atoms with Crippen LogP contribution in [-0.4, -0.2) is 56.0 Å². The second kappa shape index (κ2) is 9.55. The van der Waals surface area contributed by atoms with Crippen molar-refractivity contribution >= 4 is 5.91 Å². The topological polar surface area (TPSA) is 59.7 Å². The van der Waals surface area contributed by atoms with Gasteiger partial charge in [-0.15, -0.1) is 0 Å². The maximum Gasteiger partial charge on any atom is 0.259 e. The van der Waals surface area contributed by atoms with Crippen molar-refractivity contribution in [3.8, 4) is 5.75 Å². The molecule has 1 aromatic carbocycles. The van der Waals surface area contributed by atoms with Gasteiger partial charge < -0.3 is 19.7 Å². The average Bonchev–Trinajstić information content (AvgIpc) is 2.72. The van der Waals surface area contributed by atoms with E-state index in [4.69, 9.17) is 4.74 Å². The number of hydrogen-bond acceptors (Lipinski definition) is 4. The summed E-state index contributed by atoms with van der Waals surface area (Å²) in [4.78, 5) is 16.8. The van der Waals surface area contributed by atoms with Crippen LogP contribution in [0.4, 0.5) is 0 Å². The van der Waals surface area contributed by atoms with Gasteiger partial charge in [-0.2, -0.15) is 4.73 Å². The largest absolute Gasteiger partial charge is 0.619 e. The highest BCUT2D eigenvalue weighted by atomic mass is 16.5. The fourth-order valence-corrected chi connectivity index (χ4v) is 3.96. The summed E-state index contributed by atoms with van der Waals surface area (Å²) in [7, 11) is 3.53. The first-order chi connectivity index (χ1) is 13.6. The van der Waals surface area contributed by atoms with Gasteiger partial charge >= 0.3 is 0 Å². The van der Waals surface area contributed by atoms with Gasteiger partial charge in [0.2, 0.25) is 0 Å². The van der Waals surface area contributed by atoms with Crippen LogP contribution < -0.4 is 9.47 Å². The van der Waals surface area contributed by atoms with Crippen LogP contribution in [-0.2, 0) is 6.42 Å². The number of methoxy groups -OCH3 is 1. The SMILES string of the molecule is COc1ccccc1CCN1CCC[C@H](CN(C)C(=O)c2ccc[n+]([O-])c2)C1. The second-order valence-electron chi connectivity index (χ2n) is 7.51. The summed E-state index contributed by atoms with van der Waals surface area (Å²) in [6.07, 6.45) is 5.94. The highest BCUT2D eigenvalue weighted by Gasteiger charge is 2.24. The van der Waals surface area contributed by atoms with E-state index in [9.17, 15) is 10.0 Å². The van der Waals surface area contributed by atoms with Crippen molar-refractivity contribution in [3.05, 3.63) is 65.1 Å². The van der Waals surface area contributed by atoms with Gasteiger partial charge in [0, 0.05) is 32.7 Å². The Morgan fingerprint density at radius 3 is 2.93 bits per heavy atom. The average molecular weight is 383 g/mol. The number of likely N-dealkylation sites (tertiary alicyclic amines) is 1. The van der Waals surface area contributed by atoms with Crippen molar-refractivity contribution in [2.24, 2.45) is 5.92 Å². The summed E-state index contributed by atoms with van der Waals surface area (Å²) >= 11 is 0. The Kier molecular flexibility index (Phi) is 6.87. The van der Waals surface area contributed by atoms with Crippen LogP contribution in [0.15, 0.2) is 48.8 Å². The lowest BCUT2D eigenvalue weighted by Crippen LogP contribution is -2.42. The van der Waals surface area contributed by atoms with E-state index >= 15 is 0 Å². The number of hydrogen-bond donors (Lipinski definition) is 0. The van der Waals surface area contributed by atoms with Gasteiger partial charge in [-0.1, -0.05) is 18.2 Å². The second-order valence-corrected chi connectivity index (χ2v) is 7.51. The monoisotopic (exact) mass is 383 g/mol. The molecule has 1 fully saturated rings. The Morgan fingerprint density at radius 2 is 2.14 bits per heavy atom. The third-order valence-electron chi connectivity index (χ3n) is 5.39. The zero-order valence-electron chi connectivity index (χ0n) is 16.7. The number of carbonyl (C=O) groups is 1. The molecule has 1 aliphatic rings. The van der Waals surface area contributed by atoms with Crippen molar-refractivity contribution in [3.63, 3.8) is 0 Å². The maximum atomic E-state index is 12.6. The van der Waals surface area contributed by atoms with Gasteiger partial charge in [0.15, 0.2) is 12.4 Å². The molecule has 28 heavy (non-hydrogen) atoms. The van der Waals surface area contributed by atoms with Crippen molar-refractivity contribution < 1.29 is 14.3 Å². The molecular weight excluding hydrogens is 354 g/mol. The van der Waals surface area contributed by atoms with E-state index in [0.717, 1.165) is 44.6 Å².